The first-order chi connectivity index (χ1) is 12.3. The molecule has 3 aromatic heterocycles. The number of H-pyrrole nitrogens is 1. The number of anilines is 1. The molecule has 0 aliphatic carbocycles. The van der Waals surface area contributed by atoms with Crippen molar-refractivity contribution in [1.29, 1.82) is 0 Å². The Morgan fingerprint density at radius 3 is 2.96 bits per heavy atom. The highest BCUT2D eigenvalue weighted by molar-refractivity contribution is 5.98. The highest BCUT2D eigenvalue weighted by Gasteiger charge is 2.11. The maximum atomic E-state index is 12.1. The van der Waals surface area contributed by atoms with Crippen LogP contribution in [0.5, 0.6) is 5.75 Å². The molecule has 4 aromatic rings. The molecule has 0 aliphatic rings. The predicted molar refractivity (Wildman–Crippen MR) is 93.5 cm³/mol. The maximum absolute atomic E-state index is 12.1. The van der Waals surface area contributed by atoms with Crippen molar-refractivity contribution in [3.05, 3.63) is 72.8 Å². The molecule has 0 bridgehead atoms. The van der Waals surface area contributed by atoms with E-state index in [0.29, 0.717) is 23.6 Å². The summed E-state index contributed by atoms with van der Waals surface area (Å²) in [7, 11) is 0. The van der Waals surface area contributed by atoms with Gasteiger partial charge < -0.3 is 9.72 Å². The van der Waals surface area contributed by atoms with Crippen molar-refractivity contribution in [2.24, 2.45) is 0 Å². The number of aromatic amines is 1. The molecule has 0 atom stereocenters. The second-order valence-electron chi connectivity index (χ2n) is 5.48. The van der Waals surface area contributed by atoms with Gasteiger partial charge in [-0.3, -0.25) is 10.00 Å². The topological polar surface area (TPSA) is 84.8 Å². The van der Waals surface area contributed by atoms with Crippen molar-refractivity contribution in [3.8, 4) is 5.75 Å². The molecule has 0 saturated heterocycles. The largest absolute Gasteiger partial charge is 0.417 e. The number of nitrogens with zero attached hydrogens (tertiary/aromatic N) is 3. The minimum Gasteiger partial charge on any atom is -0.407 e. The number of carbonyl (C=O) groups is 1. The molecule has 2 N–H and O–H groups in total. The van der Waals surface area contributed by atoms with Crippen molar-refractivity contribution in [2.45, 2.75) is 6.54 Å². The lowest BCUT2D eigenvalue weighted by Crippen LogP contribution is -2.16. The minimum atomic E-state index is -0.580. The lowest BCUT2D eigenvalue weighted by molar-refractivity contribution is 0.215. The summed E-state index contributed by atoms with van der Waals surface area (Å²) in [5, 5.41) is 7.73. The third kappa shape index (κ3) is 3.35. The van der Waals surface area contributed by atoms with E-state index in [4.69, 9.17) is 4.74 Å². The highest BCUT2D eigenvalue weighted by Crippen LogP contribution is 2.21. The summed E-state index contributed by atoms with van der Waals surface area (Å²) in [6.07, 6.45) is 5.98. The van der Waals surface area contributed by atoms with E-state index in [1.807, 2.05) is 36.4 Å². The molecule has 0 fully saturated rings. The number of benzene rings is 1. The van der Waals surface area contributed by atoms with Gasteiger partial charge in [-0.1, -0.05) is 30.3 Å². The number of ether oxygens (including phenoxy) is 1. The monoisotopic (exact) mass is 333 g/mol. The first-order valence-corrected chi connectivity index (χ1v) is 7.75. The van der Waals surface area contributed by atoms with E-state index in [9.17, 15) is 4.79 Å². The number of rotatable bonds is 4. The molecule has 0 aliphatic heterocycles. The van der Waals surface area contributed by atoms with Gasteiger partial charge in [0.1, 0.15) is 5.65 Å². The first kappa shape index (κ1) is 14.9. The molecule has 0 unspecified atom stereocenters. The zero-order valence-electron chi connectivity index (χ0n) is 13.2. The SMILES string of the molecule is O=C(Nc1c[nH]c2ncccc12)Oc1cnn(Cc2ccccc2)c1. The number of amides is 1. The van der Waals surface area contributed by atoms with Crippen LogP contribution >= 0.6 is 0 Å². The molecule has 1 amide bonds. The lowest BCUT2D eigenvalue weighted by atomic mass is 10.2. The van der Waals surface area contributed by atoms with Gasteiger partial charge in [-0.15, -0.1) is 0 Å². The van der Waals surface area contributed by atoms with Crippen LogP contribution in [0.4, 0.5) is 10.5 Å². The number of nitrogens with one attached hydrogen (secondary N) is 2. The van der Waals surface area contributed by atoms with Crippen molar-refractivity contribution < 1.29 is 9.53 Å². The molecule has 1 aromatic carbocycles. The van der Waals surface area contributed by atoms with E-state index in [1.54, 1.807) is 29.3 Å². The van der Waals surface area contributed by atoms with Crippen molar-refractivity contribution in [1.82, 2.24) is 19.7 Å². The third-order valence-electron chi connectivity index (χ3n) is 3.70. The van der Waals surface area contributed by atoms with Crippen LogP contribution in [0.3, 0.4) is 0 Å². The van der Waals surface area contributed by atoms with Gasteiger partial charge in [0.15, 0.2) is 5.75 Å². The first-order valence-electron chi connectivity index (χ1n) is 7.75. The zero-order chi connectivity index (χ0) is 17.1. The van der Waals surface area contributed by atoms with Gasteiger partial charge in [0.05, 0.1) is 24.6 Å². The average molecular weight is 333 g/mol. The normalized spacial score (nSPS) is 10.7. The Balaban J connectivity index is 1.41. The number of hydrogen-bond donors (Lipinski definition) is 2. The van der Waals surface area contributed by atoms with Gasteiger partial charge in [-0.05, 0) is 17.7 Å². The number of aromatic nitrogens is 4. The van der Waals surface area contributed by atoms with E-state index in [2.05, 4.69) is 20.4 Å². The standard InChI is InChI=1S/C18H15N5O2/c24-18(22-16-10-20-17-15(16)7-4-8-19-17)25-14-9-21-23(12-14)11-13-5-2-1-3-6-13/h1-10,12H,11H2,(H,19,20)(H,22,24). The second-order valence-corrected chi connectivity index (χ2v) is 5.48. The molecular weight excluding hydrogens is 318 g/mol. The summed E-state index contributed by atoms with van der Waals surface area (Å²) in [5.41, 5.74) is 2.44. The Morgan fingerprint density at radius 1 is 1.20 bits per heavy atom. The second kappa shape index (κ2) is 6.48. The van der Waals surface area contributed by atoms with Crippen LogP contribution in [0.2, 0.25) is 0 Å². The van der Waals surface area contributed by atoms with Gasteiger partial charge in [0.25, 0.3) is 0 Å². The summed E-state index contributed by atoms with van der Waals surface area (Å²) < 4.78 is 7.00. The molecular formula is C18H15N5O2. The number of fused-ring (bicyclic) bond motifs is 1. The summed E-state index contributed by atoms with van der Waals surface area (Å²) in [5.74, 6) is 0.381. The molecule has 7 heteroatoms. The van der Waals surface area contributed by atoms with E-state index in [0.717, 1.165) is 10.9 Å². The predicted octanol–water partition coefficient (Wildman–Crippen LogP) is 3.42. The lowest BCUT2D eigenvalue weighted by Gasteiger charge is -2.03. The molecule has 25 heavy (non-hydrogen) atoms. The van der Waals surface area contributed by atoms with Crippen molar-refractivity contribution in [3.63, 3.8) is 0 Å². The van der Waals surface area contributed by atoms with E-state index in [1.165, 1.54) is 6.20 Å². The van der Waals surface area contributed by atoms with E-state index in [-0.39, 0.29) is 0 Å². The Hall–Kier alpha value is -3.61. The Bertz CT molecular complexity index is 1010. The minimum absolute atomic E-state index is 0.381. The quantitative estimate of drug-likeness (QED) is 0.599. The third-order valence-corrected chi connectivity index (χ3v) is 3.70. The summed E-state index contributed by atoms with van der Waals surface area (Å²) >= 11 is 0. The molecule has 0 saturated carbocycles. The van der Waals surface area contributed by atoms with Crippen LogP contribution in [-0.2, 0) is 6.54 Å². The molecule has 4 rings (SSSR count). The van der Waals surface area contributed by atoms with Gasteiger partial charge >= 0.3 is 6.09 Å². The van der Waals surface area contributed by atoms with Gasteiger partial charge in [-0.2, -0.15) is 5.10 Å². The molecule has 124 valence electrons. The molecule has 0 radical (unpaired) electrons. The van der Waals surface area contributed by atoms with Crippen LogP contribution in [0.15, 0.2) is 67.3 Å². The summed E-state index contributed by atoms with van der Waals surface area (Å²) in [6.45, 7) is 0.611. The Morgan fingerprint density at radius 2 is 2.08 bits per heavy atom. The number of hydrogen-bond acceptors (Lipinski definition) is 4. The molecule has 0 spiro atoms. The fourth-order valence-electron chi connectivity index (χ4n) is 2.56. The van der Waals surface area contributed by atoms with Gasteiger partial charge in [0, 0.05) is 17.8 Å². The van der Waals surface area contributed by atoms with Crippen LogP contribution in [0.1, 0.15) is 5.56 Å². The van der Waals surface area contributed by atoms with E-state index >= 15 is 0 Å². The van der Waals surface area contributed by atoms with Gasteiger partial charge in [0.2, 0.25) is 0 Å². The zero-order valence-corrected chi connectivity index (χ0v) is 13.2. The smallest absolute Gasteiger partial charge is 0.407 e. The van der Waals surface area contributed by atoms with Crippen molar-refractivity contribution in [2.75, 3.05) is 5.32 Å². The van der Waals surface area contributed by atoms with Crippen LogP contribution in [-0.4, -0.2) is 25.8 Å². The van der Waals surface area contributed by atoms with Crippen molar-refractivity contribution >= 4 is 22.8 Å². The number of carbonyl (C=O) groups excluding carboxylic acids is 1. The Labute approximate surface area is 143 Å². The molecule has 3 heterocycles. The maximum Gasteiger partial charge on any atom is 0.417 e. The average Bonchev–Trinajstić information content (AvgIpc) is 3.23. The van der Waals surface area contributed by atoms with Crippen LogP contribution in [0, 0.1) is 0 Å². The number of pyridine rings is 1. The Kier molecular flexibility index (Phi) is 3.88. The van der Waals surface area contributed by atoms with E-state index < -0.39 is 6.09 Å². The fourth-order valence-corrected chi connectivity index (χ4v) is 2.56. The summed E-state index contributed by atoms with van der Waals surface area (Å²) in [6, 6.07) is 13.6. The fraction of sp³-hybridized carbons (Fsp3) is 0.0556. The van der Waals surface area contributed by atoms with Gasteiger partial charge in [-0.25, -0.2) is 9.78 Å². The molecule has 7 nitrogen and oxygen atoms in total. The van der Waals surface area contributed by atoms with Crippen LogP contribution in [0.25, 0.3) is 11.0 Å². The van der Waals surface area contributed by atoms with Crippen LogP contribution < -0.4 is 10.1 Å². The summed E-state index contributed by atoms with van der Waals surface area (Å²) in [4.78, 5) is 19.3. The highest BCUT2D eigenvalue weighted by atomic mass is 16.6.